The summed E-state index contributed by atoms with van der Waals surface area (Å²) in [7, 11) is 1.60. The van der Waals surface area contributed by atoms with E-state index in [1.54, 1.807) is 61.7 Å². The maximum absolute atomic E-state index is 12.4. The Morgan fingerprint density at radius 1 is 0.867 bits per heavy atom. The molecule has 0 radical (unpaired) electrons. The summed E-state index contributed by atoms with van der Waals surface area (Å²) in [5, 5.41) is 5.61. The Bertz CT molecular complexity index is 1020. The van der Waals surface area contributed by atoms with E-state index in [1.165, 1.54) is 0 Å². The average molecular weight is 469 g/mol. The zero-order valence-corrected chi connectivity index (χ0v) is 17.9. The highest BCUT2D eigenvalue weighted by Crippen LogP contribution is 2.17. The topological polar surface area (TPSA) is 76.7 Å². The van der Waals surface area contributed by atoms with Gasteiger partial charge in [0.2, 0.25) is 0 Å². The van der Waals surface area contributed by atoms with Gasteiger partial charge in [0.15, 0.2) is 0 Å². The minimum atomic E-state index is -0.248. The van der Waals surface area contributed by atoms with E-state index in [4.69, 9.17) is 9.47 Å². The van der Waals surface area contributed by atoms with Crippen LogP contribution in [-0.4, -0.2) is 32.1 Å². The molecule has 6 nitrogen and oxygen atoms in total. The van der Waals surface area contributed by atoms with E-state index in [0.29, 0.717) is 35.7 Å². The lowest BCUT2D eigenvalue weighted by atomic mass is 10.1. The number of anilines is 1. The number of ether oxygens (including phenoxy) is 2. The molecular weight excluding hydrogens is 448 g/mol. The van der Waals surface area contributed by atoms with Gasteiger partial charge in [-0.25, -0.2) is 0 Å². The van der Waals surface area contributed by atoms with E-state index in [0.717, 1.165) is 10.2 Å². The smallest absolute Gasteiger partial charge is 0.255 e. The van der Waals surface area contributed by atoms with Crippen molar-refractivity contribution in [3.8, 4) is 11.5 Å². The number of nitrogens with one attached hydrogen (secondary N) is 2. The number of carbonyl (C=O) groups is 2. The molecule has 0 aliphatic carbocycles. The quantitative estimate of drug-likeness (QED) is 0.476. The molecule has 7 heteroatoms. The van der Waals surface area contributed by atoms with E-state index in [1.807, 2.05) is 18.2 Å². The summed E-state index contributed by atoms with van der Waals surface area (Å²) in [6, 6.07) is 21.1. The van der Waals surface area contributed by atoms with Crippen LogP contribution in [0.2, 0.25) is 0 Å². The van der Waals surface area contributed by atoms with Crippen LogP contribution in [0.4, 0.5) is 5.69 Å². The molecule has 0 unspecified atom stereocenters. The second kappa shape index (κ2) is 10.5. The SMILES string of the molecule is COc1ccc(OCCNC(=O)c2cccc(NC(=O)c3cccc(Br)c3)c2)cc1. The van der Waals surface area contributed by atoms with Crippen LogP contribution in [0.5, 0.6) is 11.5 Å². The van der Waals surface area contributed by atoms with Crippen molar-refractivity contribution in [3.63, 3.8) is 0 Å². The molecule has 0 aromatic heterocycles. The van der Waals surface area contributed by atoms with Crippen molar-refractivity contribution < 1.29 is 19.1 Å². The predicted molar refractivity (Wildman–Crippen MR) is 119 cm³/mol. The molecule has 3 rings (SSSR count). The van der Waals surface area contributed by atoms with Gasteiger partial charge in [-0.2, -0.15) is 0 Å². The summed E-state index contributed by atoms with van der Waals surface area (Å²) in [5.41, 5.74) is 1.52. The van der Waals surface area contributed by atoms with Gasteiger partial charge in [0.05, 0.1) is 13.7 Å². The van der Waals surface area contributed by atoms with Crippen molar-refractivity contribution >= 4 is 33.4 Å². The Labute approximate surface area is 183 Å². The Morgan fingerprint density at radius 3 is 2.23 bits per heavy atom. The molecular formula is C23H21BrN2O4. The highest BCUT2D eigenvalue weighted by Gasteiger charge is 2.09. The van der Waals surface area contributed by atoms with Crippen molar-refractivity contribution in [2.24, 2.45) is 0 Å². The van der Waals surface area contributed by atoms with Crippen molar-refractivity contribution in [2.45, 2.75) is 0 Å². The van der Waals surface area contributed by atoms with Crippen LogP contribution in [0.15, 0.2) is 77.3 Å². The third-order valence-corrected chi connectivity index (χ3v) is 4.68. The van der Waals surface area contributed by atoms with Crippen molar-refractivity contribution in [3.05, 3.63) is 88.4 Å². The zero-order valence-electron chi connectivity index (χ0n) is 16.4. The Hall–Kier alpha value is -3.32. The van der Waals surface area contributed by atoms with Crippen molar-refractivity contribution in [1.82, 2.24) is 5.32 Å². The fourth-order valence-corrected chi connectivity index (χ4v) is 3.08. The van der Waals surface area contributed by atoms with Gasteiger partial charge in [-0.3, -0.25) is 9.59 Å². The standard InChI is InChI=1S/C23H21BrN2O4/c1-29-20-8-10-21(11-9-20)30-13-12-25-22(27)17-5-3-7-19(15-17)26-23(28)16-4-2-6-18(24)14-16/h2-11,14-15H,12-13H2,1H3,(H,25,27)(H,26,28). The minimum absolute atomic E-state index is 0.244. The summed E-state index contributed by atoms with van der Waals surface area (Å²) in [4.78, 5) is 24.8. The first kappa shape index (κ1) is 21.4. The molecule has 30 heavy (non-hydrogen) atoms. The molecule has 0 fully saturated rings. The molecule has 2 N–H and O–H groups in total. The highest BCUT2D eigenvalue weighted by atomic mass is 79.9. The highest BCUT2D eigenvalue weighted by molar-refractivity contribution is 9.10. The fourth-order valence-electron chi connectivity index (χ4n) is 2.68. The van der Waals surface area contributed by atoms with Crippen molar-refractivity contribution in [2.75, 3.05) is 25.6 Å². The first-order valence-corrected chi connectivity index (χ1v) is 10.1. The number of carbonyl (C=O) groups excluding carboxylic acids is 2. The first-order chi connectivity index (χ1) is 14.5. The van der Waals surface area contributed by atoms with Crippen LogP contribution < -0.4 is 20.1 Å². The van der Waals surface area contributed by atoms with E-state index in [-0.39, 0.29) is 11.8 Å². The number of rotatable bonds is 8. The van der Waals surface area contributed by atoms with Crippen LogP contribution in [0.25, 0.3) is 0 Å². The predicted octanol–water partition coefficient (Wildman–Crippen LogP) is 4.52. The molecule has 0 atom stereocenters. The lowest BCUT2D eigenvalue weighted by molar-refractivity contribution is 0.0945. The van der Waals surface area contributed by atoms with Crippen molar-refractivity contribution in [1.29, 1.82) is 0 Å². The van der Waals surface area contributed by atoms with E-state index >= 15 is 0 Å². The Balaban J connectivity index is 1.50. The third kappa shape index (κ3) is 6.09. The molecule has 2 amide bonds. The van der Waals surface area contributed by atoms with E-state index in [2.05, 4.69) is 26.6 Å². The van der Waals surface area contributed by atoms with Crippen LogP contribution in [0, 0.1) is 0 Å². The number of methoxy groups -OCH3 is 1. The maximum Gasteiger partial charge on any atom is 0.255 e. The van der Waals surface area contributed by atoms with E-state index in [9.17, 15) is 9.59 Å². The van der Waals surface area contributed by atoms with E-state index < -0.39 is 0 Å². The molecule has 0 spiro atoms. The van der Waals surface area contributed by atoms with Gasteiger partial charge in [0.1, 0.15) is 18.1 Å². The maximum atomic E-state index is 12.4. The molecule has 3 aromatic rings. The molecule has 0 saturated carbocycles. The monoisotopic (exact) mass is 468 g/mol. The largest absolute Gasteiger partial charge is 0.497 e. The number of hydrogen-bond acceptors (Lipinski definition) is 4. The third-order valence-electron chi connectivity index (χ3n) is 4.19. The summed E-state index contributed by atoms with van der Waals surface area (Å²) >= 11 is 3.35. The van der Waals surface area contributed by atoms with Gasteiger partial charge in [0.25, 0.3) is 11.8 Å². The summed E-state index contributed by atoms with van der Waals surface area (Å²) < 4.78 is 11.5. The van der Waals surface area contributed by atoms with Gasteiger partial charge >= 0.3 is 0 Å². The molecule has 0 heterocycles. The first-order valence-electron chi connectivity index (χ1n) is 9.27. The molecule has 0 aliphatic rings. The minimum Gasteiger partial charge on any atom is -0.497 e. The summed E-state index contributed by atoms with van der Waals surface area (Å²) in [5.74, 6) is 0.957. The lowest BCUT2D eigenvalue weighted by Gasteiger charge is -2.10. The normalized spacial score (nSPS) is 10.2. The van der Waals surface area contributed by atoms with Crippen LogP contribution in [0.1, 0.15) is 20.7 Å². The number of hydrogen-bond donors (Lipinski definition) is 2. The second-order valence-electron chi connectivity index (χ2n) is 6.33. The fraction of sp³-hybridized carbons (Fsp3) is 0.130. The van der Waals surface area contributed by atoms with Crippen LogP contribution in [-0.2, 0) is 0 Å². The summed E-state index contributed by atoms with van der Waals surface area (Å²) in [6.07, 6.45) is 0. The van der Waals surface area contributed by atoms with Gasteiger partial charge in [-0.15, -0.1) is 0 Å². The van der Waals surface area contributed by atoms with Crippen LogP contribution in [0.3, 0.4) is 0 Å². The lowest BCUT2D eigenvalue weighted by Crippen LogP contribution is -2.28. The number of amides is 2. The average Bonchev–Trinajstić information content (AvgIpc) is 2.77. The molecule has 0 saturated heterocycles. The number of benzene rings is 3. The number of halogens is 1. The van der Waals surface area contributed by atoms with Gasteiger partial charge < -0.3 is 20.1 Å². The molecule has 0 aliphatic heterocycles. The molecule has 0 bridgehead atoms. The molecule has 3 aromatic carbocycles. The summed E-state index contributed by atoms with van der Waals surface area (Å²) in [6.45, 7) is 0.677. The zero-order chi connectivity index (χ0) is 21.3. The Morgan fingerprint density at radius 2 is 1.53 bits per heavy atom. The van der Waals surface area contributed by atoms with Crippen LogP contribution >= 0.6 is 15.9 Å². The van der Waals surface area contributed by atoms with Gasteiger partial charge in [-0.1, -0.05) is 28.1 Å². The van der Waals surface area contributed by atoms with Gasteiger partial charge in [-0.05, 0) is 60.7 Å². The molecule has 154 valence electrons. The second-order valence-corrected chi connectivity index (χ2v) is 7.24. The Kier molecular flexibility index (Phi) is 7.45. The van der Waals surface area contributed by atoms with Gasteiger partial charge in [0, 0.05) is 21.3 Å².